The molecule has 0 fully saturated rings. The Labute approximate surface area is 141 Å². The average Bonchev–Trinajstić information content (AvgIpc) is 3.12. The van der Waals surface area contributed by atoms with Crippen LogP contribution in [-0.4, -0.2) is 30.6 Å². The first-order chi connectivity index (χ1) is 11.5. The molecule has 0 aromatic carbocycles. The lowest BCUT2D eigenvalue weighted by Crippen LogP contribution is -2.20. The summed E-state index contributed by atoms with van der Waals surface area (Å²) in [6.45, 7) is 4.10. The van der Waals surface area contributed by atoms with E-state index in [1.165, 1.54) is 11.3 Å². The average molecular weight is 344 g/mol. The van der Waals surface area contributed by atoms with Gasteiger partial charge in [-0.25, -0.2) is 0 Å². The second-order valence-electron chi connectivity index (χ2n) is 5.18. The van der Waals surface area contributed by atoms with Crippen molar-refractivity contribution >= 4 is 23.2 Å². The number of nitrogens with one attached hydrogen (secondary N) is 2. The van der Waals surface area contributed by atoms with Crippen LogP contribution < -0.4 is 10.2 Å². The van der Waals surface area contributed by atoms with Crippen LogP contribution in [0.3, 0.4) is 0 Å². The normalized spacial score (nSPS) is 10.8. The van der Waals surface area contributed by atoms with E-state index in [1.54, 1.807) is 22.9 Å². The molecule has 0 spiro atoms. The fourth-order valence-corrected chi connectivity index (χ4v) is 3.04. The Kier molecular flexibility index (Phi) is 4.52. The second-order valence-corrected chi connectivity index (χ2v) is 6.35. The topological polar surface area (TPSA) is 106 Å². The Morgan fingerprint density at radius 1 is 1.38 bits per heavy atom. The van der Waals surface area contributed by atoms with Gasteiger partial charge in [0.2, 0.25) is 11.9 Å². The molecule has 0 saturated heterocycles. The van der Waals surface area contributed by atoms with Crippen molar-refractivity contribution in [2.75, 3.05) is 5.32 Å². The van der Waals surface area contributed by atoms with Gasteiger partial charge in [0.25, 0.3) is 0 Å². The molecule has 0 radical (unpaired) electrons. The SMILES string of the molecule is Cc1sc(=O)n(CCC(=O)Nc2n[nH]c(-c3ccccn3)n2)c1C. The van der Waals surface area contributed by atoms with Gasteiger partial charge in [-0.2, -0.15) is 4.98 Å². The van der Waals surface area contributed by atoms with Crippen LogP contribution >= 0.6 is 11.3 Å². The standard InChI is InChI=1S/C15H16N6O2S/c1-9-10(2)24-15(23)21(9)8-6-12(22)17-14-18-13(19-20-14)11-5-3-4-7-16-11/h3-5,7H,6,8H2,1-2H3,(H2,17,18,19,20,22). The summed E-state index contributed by atoms with van der Waals surface area (Å²) >= 11 is 1.19. The number of aromatic amines is 1. The van der Waals surface area contributed by atoms with Crippen molar-refractivity contribution in [1.29, 1.82) is 0 Å². The highest BCUT2D eigenvalue weighted by Crippen LogP contribution is 2.13. The van der Waals surface area contributed by atoms with Crippen molar-refractivity contribution in [2.24, 2.45) is 0 Å². The Bertz CT molecular complexity index is 912. The third-order valence-electron chi connectivity index (χ3n) is 3.58. The van der Waals surface area contributed by atoms with Crippen LogP contribution in [-0.2, 0) is 11.3 Å². The summed E-state index contributed by atoms with van der Waals surface area (Å²) < 4.78 is 1.61. The highest BCUT2D eigenvalue weighted by atomic mass is 32.1. The molecule has 3 aromatic rings. The third-order valence-corrected chi connectivity index (χ3v) is 4.58. The minimum Gasteiger partial charge on any atom is -0.303 e. The molecule has 0 aliphatic rings. The van der Waals surface area contributed by atoms with Gasteiger partial charge < -0.3 is 4.57 Å². The van der Waals surface area contributed by atoms with Gasteiger partial charge in [0, 0.05) is 29.7 Å². The second kappa shape index (κ2) is 6.75. The number of nitrogens with zero attached hydrogens (tertiary/aromatic N) is 4. The van der Waals surface area contributed by atoms with Crippen molar-refractivity contribution in [3.05, 3.63) is 44.6 Å². The Balaban J connectivity index is 1.61. The van der Waals surface area contributed by atoms with Crippen LogP contribution in [0.4, 0.5) is 5.95 Å². The van der Waals surface area contributed by atoms with Gasteiger partial charge in [-0.1, -0.05) is 17.4 Å². The van der Waals surface area contributed by atoms with Gasteiger partial charge in [0.1, 0.15) is 5.69 Å². The zero-order valence-electron chi connectivity index (χ0n) is 13.2. The highest BCUT2D eigenvalue weighted by molar-refractivity contribution is 7.09. The van der Waals surface area contributed by atoms with Crippen LogP contribution in [0.25, 0.3) is 11.5 Å². The minimum atomic E-state index is -0.253. The summed E-state index contributed by atoms with van der Waals surface area (Å²) in [4.78, 5) is 33.1. The number of anilines is 1. The summed E-state index contributed by atoms with van der Waals surface area (Å²) in [5.41, 5.74) is 1.54. The first-order valence-electron chi connectivity index (χ1n) is 7.35. The van der Waals surface area contributed by atoms with Crippen molar-refractivity contribution in [3.63, 3.8) is 0 Å². The summed E-state index contributed by atoms with van der Waals surface area (Å²) in [6.07, 6.45) is 1.82. The number of thiazole rings is 1. The lowest BCUT2D eigenvalue weighted by atomic mass is 10.3. The number of carbonyl (C=O) groups excluding carboxylic acids is 1. The smallest absolute Gasteiger partial charge is 0.303 e. The van der Waals surface area contributed by atoms with Gasteiger partial charge in [-0.3, -0.25) is 25.0 Å². The van der Waals surface area contributed by atoms with Crippen LogP contribution in [0.2, 0.25) is 0 Å². The quantitative estimate of drug-likeness (QED) is 0.733. The molecule has 2 N–H and O–H groups in total. The molecular weight excluding hydrogens is 328 g/mol. The monoisotopic (exact) mass is 344 g/mol. The van der Waals surface area contributed by atoms with E-state index < -0.39 is 0 Å². The van der Waals surface area contributed by atoms with E-state index >= 15 is 0 Å². The first-order valence-corrected chi connectivity index (χ1v) is 8.16. The van der Waals surface area contributed by atoms with E-state index in [9.17, 15) is 9.59 Å². The van der Waals surface area contributed by atoms with Crippen LogP contribution in [0.1, 0.15) is 17.0 Å². The number of aromatic nitrogens is 5. The minimum absolute atomic E-state index is 0.0480. The van der Waals surface area contributed by atoms with Gasteiger partial charge in [0.05, 0.1) is 0 Å². The number of H-pyrrole nitrogens is 1. The number of aryl methyl sites for hydroxylation is 1. The summed E-state index contributed by atoms with van der Waals surface area (Å²) in [5, 5.41) is 9.30. The van der Waals surface area contributed by atoms with E-state index in [4.69, 9.17) is 0 Å². The third kappa shape index (κ3) is 3.40. The Morgan fingerprint density at radius 3 is 2.88 bits per heavy atom. The lowest BCUT2D eigenvalue weighted by Gasteiger charge is -2.04. The molecule has 9 heteroatoms. The van der Waals surface area contributed by atoms with Crippen LogP contribution in [0.5, 0.6) is 0 Å². The van der Waals surface area contributed by atoms with Crippen LogP contribution in [0.15, 0.2) is 29.2 Å². The molecular formula is C15H16N6O2S. The molecule has 0 unspecified atom stereocenters. The van der Waals surface area contributed by atoms with Gasteiger partial charge in [-0.05, 0) is 26.0 Å². The number of hydrogen-bond donors (Lipinski definition) is 2. The summed E-state index contributed by atoms with van der Waals surface area (Å²) in [7, 11) is 0. The molecule has 24 heavy (non-hydrogen) atoms. The zero-order valence-corrected chi connectivity index (χ0v) is 14.1. The maximum atomic E-state index is 12.0. The number of hydrogen-bond acceptors (Lipinski definition) is 6. The fraction of sp³-hybridized carbons (Fsp3) is 0.267. The van der Waals surface area contributed by atoms with Crippen molar-refractivity contribution in [3.8, 4) is 11.5 Å². The zero-order chi connectivity index (χ0) is 17.1. The molecule has 0 aliphatic heterocycles. The molecule has 124 valence electrons. The van der Waals surface area contributed by atoms with E-state index in [1.807, 2.05) is 19.9 Å². The number of rotatable bonds is 5. The predicted octanol–water partition coefficient (Wildman–Crippen LogP) is 1.74. The lowest BCUT2D eigenvalue weighted by molar-refractivity contribution is -0.116. The summed E-state index contributed by atoms with van der Waals surface area (Å²) in [6, 6.07) is 5.44. The Hall–Kier alpha value is -2.81. The van der Waals surface area contributed by atoms with Gasteiger partial charge >= 0.3 is 4.87 Å². The van der Waals surface area contributed by atoms with Gasteiger partial charge in [-0.15, -0.1) is 5.10 Å². The highest BCUT2D eigenvalue weighted by Gasteiger charge is 2.12. The Morgan fingerprint density at radius 2 is 2.21 bits per heavy atom. The van der Waals surface area contributed by atoms with E-state index in [0.717, 1.165) is 10.6 Å². The summed E-state index contributed by atoms with van der Waals surface area (Å²) in [5.74, 6) is 0.411. The molecule has 0 aliphatic carbocycles. The molecule has 0 atom stereocenters. The van der Waals surface area contributed by atoms with Crippen molar-refractivity contribution in [1.82, 2.24) is 24.7 Å². The molecule has 3 rings (SSSR count). The van der Waals surface area contributed by atoms with E-state index in [0.29, 0.717) is 18.1 Å². The largest absolute Gasteiger partial charge is 0.307 e. The molecule has 1 amide bonds. The van der Waals surface area contributed by atoms with Crippen molar-refractivity contribution < 1.29 is 4.79 Å². The molecule has 8 nitrogen and oxygen atoms in total. The van der Waals surface area contributed by atoms with Crippen LogP contribution in [0, 0.1) is 13.8 Å². The van der Waals surface area contributed by atoms with Gasteiger partial charge in [0.15, 0.2) is 5.82 Å². The molecule has 3 aromatic heterocycles. The molecule has 0 bridgehead atoms. The number of amides is 1. The molecule has 3 heterocycles. The van der Waals surface area contributed by atoms with E-state index in [-0.39, 0.29) is 23.1 Å². The fourth-order valence-electron chi connectivity index (χ4n) is 2.18. The first kappa shape index (κ1) is 16.1. The number of pyridine rings is 1. The number of carbonyl (C=O) groups is 1. The van der Waals surface area contributed by atoms with E-state index in [2.05, 4.69) is 25.5 Å². The maximum Gasteiger partial charge on any atom is 0.307 e. The molecule has 0 saturated carbocycles. The maximum absolute atomic E-state index is 12.0. The van der Waals surface area contributed by atoms with Crippen molar-refractivity contribution in [2.45, 2.75) is 26.8 Å². The predicted molar refractivity (Wildman–Crippen MR) is 90.9 cm³/mol.